The first-order valence-electron chi connectivity index (χ1n) is 14.2. The average Bonchev–Trinajstić information content (AvgIpc) is 3.62. The van der Waals surface area contributed by atoms with E-state index in [-0.39, 0.29) is 12.6 Å². The molecule has 0 atom stereocenters. The summed E-state index contributed by atoms with van der Waals surface area (Å²) in [5.41, 5.74) is 6.39. The van der Waals surface area contributed by atoms with Gasteiger partial charge in [0.05, 0.1) is 11.4 Å². The van der Waals surface area contributed by atoms with E-state index >= 15 is 0 Å². The van der Waals surface area contributed by atoms with Gasteiger partial charge < -0.3 is 14.0 Å². The molecular formula is C35H34FN3O2. The first-order chi connectivity index (χ1) is 20.2. The van der Waals surface area contributed by atoms with Gasteiger partial charge in [-0.15, -0.1) is 0 Å². The molecule has 0 unspecified atom stereocenters. The number of aromatic nitrogens is 2. The summed E-state index contributed by atoms with van der Waals surface area (Å²) in [5.74, 6) is 2.26. The van der Waals surface area contributed by atoms with E-state index in [4.69, 9.17) is 14.5 Å². The van der Waals surface area contributed by atoms with Crippen LogP contribution in [-0.2, 0) is 26.2 Å². The van der Waals surface area contributed by atoms with Gasteiger partial charge in [-0.05, 0) is 53.9 Å². The van der Waals surface area contributed by atoms with E-state index in [1.54, 1.807) is 0 Å². The minimum absolute atomic E-state index is 0.252. The molecule has 5 nitrogen and oxygen atoms in total. The largest absolute Gasteiger partial charge is 0.454 e. The molecule has 41 heavy (non-hydrogen) atoms. The van der Waals surface area contributed by atoms with Crippen molar-refractivity contribution in [2.45, 2.75) is 45.9 Å². The number of halogens is 1. The number of unbranched alkanes of at least 4 members (excludes halogenated alkanes) is 1. The van der Waals surface area contributed by atoms with Crippen molar-refractivity contribution in [3.8, 4) is 34.1 Å². The summed E-state index contributed by atoms with van der Waals surface area (Å²) >= 11 is 0. The summed E-state index contributed by atoms with van der Waals surface area (Å²) in [6.45, 7) is 5.46. The number of hydrogen-bond donors (Lipinski definition) is 0. The maximum absolute atomic E-state index is 14.0. The highest BCUT2D eigenvalue weighted by atomic mass is 19.1. The molecular weight excluding hydrogens is 513 g/mol. The van der Waals surface area contributed by atoms with E-state index in [1.807, 2.05) is 42.5 Å². The molecule has 2 heterocycles. The normalized spacial score (nSPS) is 12.3. The number of benzene rings is 4. The van der Waals surface area contributed by atoms with Gasteiger partial charge in [0.15, 0.2) is 11.5 Å². The van der Waals surface area contributed by atoms with Crippen LogP contribution < -0.4 is 9.47 Å². The molecule has 208 valence electrons. The van der Waals surface area contributed by atoms with Crippen molar-refractivity contribution in [1.82, 2.24) is 14.5 Å². The van der Waals surface area contributed by atoms with Gasteiger partial charge in [0.25, 0.3) is 0 Å². The molecule has 0 aliphatic carbocycles. The Bertz CT molecular complexity index is 1580. The fraction of sp³-hybridized carbons (Fsp3) is 0.229. The minimum Gasteiger partial charge on any atom is -0.454 e. The molecule has 0 bridgehead atoms. The molecule has 0 amide bonds. The summed E-state index contributed by atoms with van der Waals surface area (Å²) < 4.78 is 27.5. The third-order valence-corrected chi connectivity index (χ3v) is 7.42. The van der Waals surface area contributed by atoms with Crippen LogP contribution in [0.3, 0.4) is 0 Å². The van der Waals surface area contributed by atoms with Crippen LogP contribution in [-0.4, -0.2) is 21.2 Å². The topological polar surface area (TPSA) is 39.5 Å². The molecule has 0 radical (unpaired) electrons. The SMILES string of the molecule is CCCCn1c(-c2ccccc2)nc(-c2ccc(F)cc2)c1CN(Cc1ccccc1)Cc1ccc2c(c1)OCO2. The first kappa shape index (κ1) is 26.8. The molecule has 4 aromatic carbocycles. The van der Waals surface area contributed by atoms with E-state index in [2.05, 4.69) is 64.9 Å². The summed E-state index contributed by atoms with van der Waals surface area (Å²) in [6.07, 6.45) is 2.11. The number of imidazole rings is 1. The molecule has 1 aliphatic rings. The fourth-order valence-electron chi connectivity index (χ4n) is 5.37. The summed E-state index contributed by atoms with van der Waals surface area (Å²) in [4.78, 5) is 7.66. The van der Waals surface area contributed by atoms with Crippen molar-refractivity contribution >= 4 is 0 Å². The Hall–Kier alpha value is -4.42. The number of fused-ring (bicyclic) bond motifs is 1. The van der Waals surface area contributed by atoms with Crippen molar-refractivity contribution < 1.29 is 13.9 Å². The van der Waals surface area contributed by atoms with Crippen LogP contribution in [0.25, 0.3) is 22.6 Å². The Morgan fingerprint density at radius 1 is 0.756 bits per heavy atom. The number of ether oxygens (including phenoxy) is 2. The Morgan fingerprint density at radius 3 is 2.22 bits per heavy atom. The van der Waals surface area contributed by atoms with E-state index in [0.717, 1.165) is 71.3 Å². The van der Waals surface area contributed by atoms with Gasteiger partial charge in [-0.2, -0.15) is 0 Å². The van der Waals surface area contributed by atoms with Crippen LogP contribution in [0.15, 0.2) is 103 Å². The number of rotatable bonds is 11. The standard InChI is InChI=1S/C35H34FN3O2/c1-2-3-20-39-31(34(28-15-17-30(36)18-16-28)37-35(39)29-12-8-5-9-13-29)24-38(22-26-10-6-4-7-11-26)23-27-14-19-32-33(21-27)41-25-40-32/h4-19,21H,2-3,20,22-25H2,1H3. The van der Waals surface area contributed by atoms with Crippen molar-refractivity contribution in [1.29, 1.82) is 0 Å². The highest BCUT2D eigenvalue weighted by Crippen LogP contribution is 2.34. The van der Waals surface area contributed by atoms with Crippen LogP contribution in [0.4, 0.5) is 4.39 Å². The third kappa shape index (κ3) is 6.18. The Labute approximate surface area is 240 Å². The molecule has 1 aromatic heterocycles. The monoisotopic (exact) mass is 547 g/mol. The van der Waals surface area contributed by atoms with E-state index < -0.39 is 0 Å². The zero-order valence-corrected chi connectivity index (χ0v) is 23.3. The lowest BCUT2D eigenvalue weighted by Gasteiger charge is -2.25. The molecule has 0 fully saturated rings. The lowest BCUT2D eigenvalue weighted by molar-refractivity contribution is 0.174. The summed E-state index contributed by atoms with van der Waals surface area (Å²) in [6, 6.07) is 33.7. The molecule has 5 aromatic rings. The van der Waals surface area contributed by atoms with Gasteiger partial charge in [-0.25, -0.2) is 9.37 Å². The Morgan fingerprint density at radius 2 is 1.46 bits per heavy atom. The van der Waals surface area contributed by atoms with Crippen LogP contribution >= 0.6 is 0 Å². The summed E-state index contributed by atoms with van der Waals surface area (Å²) in [7, 11) is 0. The lowest BCUT2D eigenvalue weighted by atomic mass is 10.1. The molecule has 0 saturated heterocycles. The van der Waals surface area contributed by atoms with Gasteiger partial charge in [0, 0.05) is 37.3 Å². The number of hydrogen-bond acceptors (Lipinski definition) is 4. The molecule has 0 N–H and O–H groups in total. The first-order valence-corrected chi connectivity index (χ1v) is 14.2. The van der Waals surface area contributed by atoms with Crippen LogP contribution in [0, 0.1) is 5.82 Å². The quantitative estimate of drug-likeness (QED) is 0.168. The zero-order chi connectivity index (χ0) is 28.0. The van der Waals surface area contributed by atoms with E-state index in [9.17, 15) is 4.39 Å². The highest BCUT2D eigenvalue weighted by molar-refractivity contribution is 5.68. The fourth-order valence-corrected chi connectivity index (χ4v) is 5.37. The lowest BCUT2D eigenvalue weighted by Crippen LogP contribution is -2.24. The van der Waals surface area contributed by atoms with Gasteiger partial charge in [-0.1, -0.05) is 80.1 Å². The van der Waals surface area contributed by atoms with E-state index in [0.29, 0.717) is 13.1 Å². The molecule has 0 spiro atoms. The predicted molar refractivity (Wildman–Crippen MR) is 160 cm³/mol. The van der Waals surface area contributed by atoms with Crippen molar-refractivity contribution in [2.24, 2.45) is 0 Å². The average molecular weight is 548 g/mol. The van der Waals surface area contributed by atoms with Crippen molar-refractivity contribution in [2.75, 3.05) is 6.79 Å². The maximum Gasteiger partial charge on any atom is 0.231 e. The third-order valence-electron chi connectivity index (χ3n) is 7.42. The van der Waals surface area contributed by atoms with Gasteiger partial charge in [0.1, 0.15) is 11.6 Å². The molecule has 0 saturated carbocycles. The Kier molecular flexibility index (Phi) is 8.10. The highest BCUT2D eigenvalue weighted by Gasteiger charge is 2.23. The second-order valence-electron chi connectivity index (χ2n) is 10.4. The molecule has 6 heteroatoms. The van der Waals surface area contributed by atoms with Gasteiger partial charge in [0.2, 0.25) is 6.79 Å². The second kappa shape index (κ2) is 12.4. The molecule has 1 aliphatic heterocycles. The van der Waals surface area contributed by atoms with Crippen molar-refractivity contribution in [3.05, 3.63) is 126 Å². The van der Waals surface area contributed by atoms with Crippen molar-refractivity contribution in [3.63, 3.8) is 0 Å². The van der Waals surface area contributed by atoms with Crippen LogP contribution in [0.5, 0.6) is 11.5 Å². The maximum atomic E-state index is 14.0. The van der Waals surface area contributed by atoms with Gasteiger partial charge in [-0.3, -0.25) is 4.90 Å². The zero-order valence-electron chi connectivity index (χ0n) is 23.3. The second-order valence-corrected chi connectivity index (χ2v) is 10.4. The van der Waals surface area contributed by atoms with Crippen LogP contribution in [0.1, 0.15) is 36.6 Å². The smallest absolute Gasteiger partial charge is 0.231 e. The van der Waals surface area contributed by atoms with Crippen LogP contribution in [0.2, 0.25) is 0 Å². The summed E-state index contributed by atoms with van der Waals surface area (Å²) in [5, 5.41) is 0. The van der Waals surface area contributed by atoms with E-state index in [1.165, 1.54) is 17.7 Å². The molecule has 6 rings (SSSR count). The minimum atomic E-state index is -0.252. The van der Waals surface area contributed by atoms with Gasteiger partial charge >= 0.3 is 0 Å². The predicted octanol–water partition coefficient (Wildman–Crippen LogP) is 8.09. The Balaban J connectivity index is 1.44. The number of nitrogens with zero attached hydrogens (tertiary/aromatic N) is 3.